The summed E-state index contributed by atoms with van der Waals surface area (Å²) in [5.41, 5.74) is 7.13. The van der Waals surface area contributed by atoms with Crippen molar-refractivity contribution in [3.8, 4) is 5.75 Å². The molecule has 1 aromatic rings. The molecule has 0 saturated carbocycles. The molecule has 0 spiro atoms. The zero-order valence-corrected chi connectivity index (χ0v) is 10.4. The monoisotopic (exact) mass is 236 g/mol. The Morgan fingerprint density at radius 2 is 2.29 bits per heavy atom. The summed E-state index contributed by atoms with van der Waals surface area (Å²) in [6.07, 6.45) is 0. The minimum atomic E-state index is 0.156. The number of hydrogen-bond donors (Lipinski definition) is 1. The average molecular weight is 236 g/mol. The summed E-state index contributed by atoms with van der Waals surface area (Å²) in [5, 5.41) is 0. The number of nitrogens with zero attached hydrogens (tertiary/aromatic N) is 1. The van der Waals surface area contributed by atoms with Crippen molar-refractivity contribution in [2.45, 2.75) is 6.04 Å². The van der Waals surface area contributed by atoms with Crippen LogP contribution in [0.2, 0.25) is 0 Å². The van der Waals surface area contributed by atoms with Crippen molar-refractivity contribution in [1.29, 1.82) is 0 Å². The molecule has 2 atom stereocenters. The first-order valence-electron chi connectivity index (χ1n) is 5.89. The molecule has 94 valence electrons. The Balaban J connectivity index is 2.00. The molecule has 0 aliphatic carbocycles. The minimum absolute atomic E-state index is 0.156. The zero-order valence-electron chi connectivity index (χ0n) is 10.4. The van der Waals surface area contributed by atoms with Crippen LogP contribution in [0.4, 0.5) is 5.69 Å². The van der Waals surface area contributed by atoms with Gasteiger partial charge in [-0.2, -0.15) is 0 Å². The number of rotatable bonds is 4. The SMILES string of the molecule is COc1cccc(N(C)CC2COCC2N)c1. The second kappa shape index (κ2) is 5.38. The summed E-state index contributed by atoms with van der Waals surface area (Å²) in [6, 6.07) is 8.20. The van der Waals surface area contributed by atoms with Crippen molar-refractivity contribution in [1.82, 2.24) is 0 Å². The Kier molecular flexibility index (Phi) is 3.86. The molecule has 0 bridgehead atoms. The molecule has 0 aromatic heterocycles. The molecule has 1 aromatic carbocycles. The lowest BCUT2D eigenvalue weighted by atomic mass is 10.0. The van der Waals surface area contributed by atoms with E-state index in [1.54, 1.807) is 7.11 Å². The average Bonchev–Trinajstić information content (AvgIpc) is 2.75. The van der Waals surface area contributed by atoms with Gasteiger partial charge in [0.1, 0.15) is 5.75 Å². The molecule has 1 aliphatic rings. The number of ether oxygens (including phenoxy) is 2. The van der Waals surface area contributed by atoms with Crippen molar-refractivity contribution in [3.63, 3.8) is 0 Å². The molecule has 1 heterocycles. The van der Waals surface area contributed by atoms with Crippen LogP contribution < -0.4 is 15.4 Å². The summed E-state index contributed by atoms with van der Waals surface area (Å²) in [7, 11) is 3.75. The van der Waals surface area contributed by atoms with Crippen LogP contribution in [0, 0.1) is 5.92 Å². The van der Waals surface area contributed by atoms with E-state index >= 15 is 0 Å². The molecule has 1 saturated heterocycles. The fraction of sp³-hybridized carbons (Fsp3) is 0.538. The maximum Gasteiger partial charge on any atom is 0.120 e. The third-order valence-electron chi connectivity index (χ3n) is 3.25. The Morgan fingerprint density at radius 1 is 1.47 bits per heavy atom. The van der Waals surface area contributed by atoms with Crippen LogP contribution in [0.15, 0.2) is 24.3 Å². The Morgan fingerprint density at radius 3 is 2.94 bits per heavy atom. The van der Waals surface area contributed by atoms with Crippen LogP contribution in [-0.4, -0.2) is 40.0 Å². The molecule has 0 amide bonds. The van der Waals surface area contributed by atoms with Gasteiger partial charge in [0, 0.05) is 37.3 Å². The third kappa shape index (κ3) is 2.90. The van der Waals surface area contributed by atoms with Crippen molar-refractivity contribution >= 4 is 5.69 Å². The van der Waals surface area contributed by atoms with Crippen LogP contribution in [0.3, 0.4) is 0 Å². The summed E-state index contributed by atoms with van der Waals surface area (Å²) < 4.78 is 10.6. The van der Waals surface area contributed by atoms with Gasteiger partial charge < -0.3 is 20.1 Å². The molecule has 1 fully saturated rings. The number of methoxy groups -OCH3 is 1. The highest BCUT2D eigenvalue weighted by Crippen LogP contribution is 2.22. The van der Waals surface area contributed by atoms with Gasteiger partial charge in [-0.3, -0.25) is 0 Å². The van der Waals surface area contributed by atoms with E-state index in [0.717, 1.165) is 24.6 Å². The first-order valence-corrected chi connectivity index (χ1v) is 5.89. The van der Waals surface area contributed by atoms with Gasteiger partial charge in [-0.15, -0.1) is 0 Å². The lowest BCUT2D eigenvalue weighted by molar-refractivity contribution is 0.185. The maximum atomic E-state index is 5.99. The Bertz CT molecular complexity index is 370. The highest BCUT2D eigenvalue weighted by molar-refractivity contribution is 5.50. The number of nitrogens with two attached hydrogens (primary N) is 1. The molecular formula is C13H20N2O2. The second-order valence-corrected chi connectivity index (χ2v) is 4.54. The van der Waals surface area contributed by atoms with E-state index in [4.69, 9.17) is 15.2 Å². The summed E-state index contributed by atoms with van der Waals surface area (Å²) in [4.78, 5) is 2.20. The van der Waals surface area contributed by atoms with E-state index in [2.05, 4.69) is 18.0 Å². The zero-order chi connectivity index (χ0) is 12.3. The van der Waals surface area contributed by atoms with Crippen LogP contribution in [0.25, 0.3) is 0 Å². The van der Waals surface area contributed by atoms with Gasteiger partial charge in [0.2, 0.25) is 0 Å². The second-order valence-electron chi connectivity index (χ2n) is 4.54. The van der Waals surface area contributed by atoms with Crippen molar-refractivity contribution in [3.05, 3.63) is 24.3 Å². The lowest BCUT2D eigenvalue weighted by Crippen LogP contribution is -2.36. The number of anilines is 1. The first-order chi connectivity index (χ1) is 8.20. The fourth-order valence-electron chi connectivity index (χ4n) is 2.11. The number of benzene rings is 1. The van der Waals surface area contributed by atoms with E-state index in [1.165, 1.54) is 0 Å². The van der Waals surface area contributed by atoms with Crippen molar-refractivity contribution < 1.29 is 9.47 Å². The molecule has 17 heavy (non-hydrogen) atoms. The quantitative estimate of drug-likeness (QED) is 0.850. The third-order valence-corrected chi connectivity index (χ3v) is 3.25. The molecule has 4 nitrogen and oxygen atoms in total. The molecule has 4 heteroatoms. The van der Waals surface area contributed by atoms with Gasteiger partial charge >= 0.3 is 0 Å². The standard InChI is InChI=1S/C13H20N2O2/c1-15(7-10-8-17-9-13(10)14)11-4-3-5-12(6-11)16-2/h3-6,10,13H,7-9,14H2,1-2H3. The summed E-state index contributed by atoms with van der Waals surface area (Å²) >= 11 is 0. The molecule has 0 radical (unpaired) electrons. The lowest BCUT2D eigenvalue weighted by Gasteiger charge is -2.24. The summed E-state index contributed by atoms with van der Waals surface area (Å²) in [5.74, 6) is 1.28. The predicted molar refractivity (Wildman–Crippen MR) is 68.5 cm³/mol. The van der Waals surface area contributed by atoms with Crippen LogP contribution in [0.1, 0.15) is 0 Å². The Labute approximate surface area is 102 Å². The topological polar surface area (TPSA) is 47.7 Å². The molecule has 2 rings (SSSR count). The maximum absolute atomic E-state index is 5.99. The van der Waals surface area contributed by atoms with E-state index in [9.17, 15) is 0 Å². The van der Waals surface area contributed by atoms with E-state index < -0.39 is 0 Å². The van der Waals surface area contributed by atoms with Gasteiger partial charge in [-0.1, -0.05) is 6.07 Å². The van der Waals surface area contributed by atoms with Crippen LogP contribution >= 0.6 is 0 Å². The first kappa shape index (κ1) is 12.2. The predicted octanol–water partition coefficient (Wildman–Crippen LogP) is 1.11. The van der Waals surface area contributed by atoms with E-state index in [1.807, 2.05) is 18.2 Å². The highest BCUT2D eigenvalue weighted by Gasteiger charge is 2.25. The highest BCUT2D eigenvalue weighted by atomic mass is 16.5. The van der Waals surface area contributed by atoms with Gasteiger partial charge in [0.15, 0.2) is 0 Å². The van der Waals surface area contributed by atoms with Crippen LogP contribution in [-0.2, 0) is 4.74 Å². The van der Waals surface area contributed by atoms with Crippen molar-refractivity contribution in [2.75, 3.05) is 38.8 Å². The normalized spacial score (nSPS) is 23.7. The molecule has 2 N–H and O–H groups in total. The largest absolute Gasteiger partial charge is 0.497 e. The van der Waals surface area contributed by atoms with E-state index in [0.29, 0.717) is 12.5 Å². The summed E-state index contributed by atoms with van der Waals surface area (Å²) in [6.45, 7) is 2.35. The van der Waals surface area contributed by atoms with Gasteiger partial charge in [-0.05, 0) is 12.1 Å². The molecule has 2 unspecified atom stereocenters. The minimum Gasteiger partial charge on any atom is -0.497 e. The smallest absolute Gasteiger partial charge is 0.120 e. The van der Waals surface area contributed by atoms with Gasteiger partial charge in [-0.25, -0.2) is 0 Å². The van der Waals surface area contributed by atoms with E-state index in [-0.39, 0.29) is 6.04 Å². The van der Waals surface area contributed by atoms with Gasteiger partial charge in [0.05, 0.1) is 20.3 Å². The number of hydrogen-bond acceptors (Lipinski definition) is 4. The Hall–Kier alpha value is -1.26. The van der Waals surface area contributed by atoms with Gasteiger partial charge in [0.25, 0.3) is 0 Å². The molecular weight excluding hydrogens is 216 g/mol. The van der Waals surface area contributed by atoms with Crippen LogP contribution in [0.5, 0.6) is 5.75 Å². The fourth-order valence-corrected chi connectivity index (χ4v) is 2.11. The van der Waals surface area contributed by atoms with Crippen molar-refractivity contribution in [2.24, 2.45) is 11.7 Å². The molecule has 1 aliphatic heterocycles.